The number of nitrogens with zero attached hydrogens (tertiary/aromatic N) is 2. The van der Waals surface area contributed by atoms with E-state index in [9.17, 15) is 9.18 Å². The van der Waals surface area contributed by atoms with Gasteiger partial charge < -0.3 is 20.1 Å². The third-order valence-electron chi connectivity index (χ3n) is 4.84. The number of halogens is 1. The number of aromatic nitrogens is 3. The summed E-state index contributed by atoms with van der Waals surface area (Å²) < 4.78 is 24.9. The topological polar surface area (TPSA) is 101 Å². The zero-order valence-electron chi connectivity index (χ0n) is 14.8. The lowest BCUT2D eigenvalue weighted by Gasteiger charge is -2.13. The van der Waals surface area contributed by atoms with Crippen LogP contribution in [0.1, 0.15) is 43.0 Å². The molecule has 9 heteroatoms. The first-order valence-corrected chi connectivity index (χ1v) is 9.17. The Morgan fingerprint density at radius 1 is 1.22 bits per heavy atom. The number of aromatic amines is 1. The van der Waals surface area contributed by atoms with Crippen LogP contribution in [-0.2, 0) is 16.1 Å². The largest absolute Gasteiger partial charge is 0.446 e. The molecule has 0 aromatic carbocycles. The number of rotatable bonds is 0. The summed E-state index contributed by atoms with van der Waals surface area (Å²) in [6.07, 6.45) is 2.62. The minimum absolute atomic E-state index is 0.0573. The Hall–Kier alpha value is -2.68. The minimum atomic E-state index is -0.420. The number of pyridine rings is 1. The van der Waals surface area contributed by atoms with Gasteiger partial charge in [-0.3, -0.25) is 5.10 Å². The Kier molecular flexibility index (Phi) is 5.19. The molecular formula is C18H22FN5O3. The van der Waals surface area contributed by atoms with Gasteiger partial charge in [0.15, 0.2) is 5.82 Å². The van der Waals surface area contributed by atoms with Crippen LogP contribution in [-0.4, -0.2) is 40.5 Å². The van der Waals surface area contributed by atoms with Crippen molar-refractivity contribution in [1.82, 2.24) is 20.5 Å². The fraction of sp³-hybridized carbons (Fsp3) is 0.500. The zero-order valence-corrected chi connectivity index (χ0v) is 14.8. The van der Waals surface area contributed by atoms with Crippen LogP contribution >= 0.6 is 0 Å². The molecule has 0 spiro atoms. The second-order valence-corrected chi connectivity index (χ2v) is 6.83. The first-order chi connectivity index (χ1) is 13.2. The molecule has 0 radical (unpaired) electrons. The van der Waals surface area contributed by atoms with Crippen molar-refractivity contribution in [2.45, 2.75) is 44.3 Å². The van der Waals surface area contributed by atoms with Crippen molar-refractivity contribution in [1.29, 1.82) is 0 Å². The van der Waals surface area contributed by atoms with E-state index in [4.69, 9.17) is 9.47 Å². The van der Waals surface area contributed by atoms with Crippen molar-refractivity contribution < 1.29 is 18.7 Å². The number of carbonyl (C=O) groups is 1. The van der Waals surface area contributed by atoms with E-state index in [0.717, 1.165) is 25.0 Å². The van der Waals surface area contributed by atoms with E-state index < -0.39 is 11.9 Å². The van der Waals surface area contributed by atoms with Gasteiger partial charge in [-0.1, -0.05) is 0 Å². The van der Waals surface area contributed by atoms with Gasteiger partial charge in [0.2, 0.25) is 0 Å². The molecule has 144 valence electrons. The van der Waals surface area contributed by atoms with Crippen molar-refractivity contribution in [3.8, 4) is 0 Å². The lowest BCUT2D eigenvalue weighted by atomic mass is 10.0. The van der Waals surface area contributed by atoms with Gasteiger partial charge in [-0.2, -0.15) is 5.10 Å². The highest BCUT2D eigenvalue weighted by molar-refractivity contribution is 5.67. The number of amides is 1. The van der Waals surface area contributed by atoms with Crippen LogP contribution in [0.4, 0.5) is 20.8 Å². The normalized spacial score (nSPS) is 23.5. The summed E-state index contributed by atoms with van der Waals surface area (Å²) in [6.45, 7) is 0.880. The van der Waals surface area contributed by atoms with Gasteiger partial charge in [-0.05, 0) is 37.8 Å². The number of fused-ring (bicyclic) bond motifs is 7. The Morgan fingerprint density at radius 3 is 3.07 bits per heavy atom. The highest BCUT2D eigenvalue weighted by atomic mass is 19.1. The molecule has 2 aliphatic rings. The van der Waals surface area contributed by atoms with Gasteiger partial charge in [-0.25, -0.2) is 14.2 Å². The molecule has 27 heavy (non-hydrogen) atoms. The van der Waals surface area contributed by atoms with Gasteiger partial charge in [-0.15, -0.1) is 0 Å². The third kappa shape index (κ3) is 4.36. The molecule has 3 N–H and O–H groups in total. The van der Waals surface area contributed by atoms with Crippen LogP contribution in [0, 0.1) is 5.82 Å². The first-order valence-electron chi connectivity index (χ1n) is 9.17. The average molecular weight is 375 g/mol. The maximum absolute atomic E-state index is 13.9. The number of alkyl carbamates (subject to hydrolysis) is 1. The third-order valence-corrected chi connectivity index (χ3v) is 4.84. The maximum atomic E-state index is 13.9. The highest BCUT2D eigenvalue weighted by Crippen LogP contribution is 2.36. The molecule has 2 aromatic heterocycles. The first kappa shape index (κ1) is 17.7. The molecule has 0 unspecified atom stereocenters. The van der Waals surface area contributed by atoms with Gasteiger partial charge in [0, 0.05) is 30.8 Å². The SMILES string of the molecule is O=C1NCCCOCc2nc(ccc2F)Nc2cc([nH]n2)[C@H]2CC[C@H](C2)O1. The molecule has 1 fully saturated rings. The summed E-state index contributed by atoms with van der Waals surface area (Å²) in [5, 5.41) is 13.1. The number of carbonyl (C=O) groups excluding carboxylic acids is 1. The summed E-state index contributed by atoms with van der Waals surface area (Å²) in [5.41, 5.74) is 1.21. The number of anilines is 2. The van der Waals surface area contributed by atoms with E-state index in [2.05, 4.69) is 25.8 Å². The van der Waals surface area contributed by atoms with Gasteiger partial charge >= 0.3 is 6.09 Å². The summed E-state index contributed by atoms with van der Waals surface area (Å²) in [5.74, 6) is 0.958. The van der Waals surface area contributed by atoms with E-state index >= 15 is 0 Å². The molecule has 6 bridgehead atoms. The minimum Gasteiger partial charge on any atom is -0.446 e. The van der Waals surface area contributed by atoms with Gasteiger partial charge in [0.1, 0.15) is 23.4 Å². The number of ether oxygens (including phenoxy) is 2. The molecule has 2 aromatic rings. The van der Waals surface area contributed by atoms with Crippen molar-refractivity contribution in [2.75, 3.05) is 18.5 Å². The van der Waals surface area contributed by atoms with Crippen LogP contribution in [0.25, 0.3) is 0 Å². The standard InChI is InChI=1S/C18H22FN5O3/c19-13-4-5-16-21-15(13)10-26-7-1-6-20-18(25)27-12-3-2-11(8-12)14-9-17(22-16)24-23-14/h4-5,9,11-12H,1-3,6-8,10H2,(H,20,25)(H2,21,22,23,24)/t11-,12+/m0/s1. The summed E-state index contributed by atoms with van der Waals surface area (Å²) in [6, 6.07) is 4.84. The summed E-state index contributed by atoms with van der Waals surface area (Å²) in [4.78, 5) is 16.2. The molecule has 8 nitrogen and oxygen atoms in total. The molecule has 3 heterocycles. The number of H-pyrrole nitrogens is 1. The monoisotopic (exact) mass is 375 g/mol. The van der Waals surface area contributed by atoms with Crippen LogP contribution < -0.4 is 10.6 Å². The van der Waals surface area contributed by atoms with Gasteiger partial charge in [0.25, 0.3) is 0 Å². The predicted molar refractivity (Wildman–Crippen MR) is 95.2 cm³/mol. The second-order valence-electron chi connectivity index (χ2n) is 6.83. The molecule has 1 aliphatic heterocycles. The van der Waals surface area contributed by atoms with Crippen molar-refractivity contribution in [3.63, 3.8) is 0 Å². The summed E-state index contributed by atoms with van der Waals surface area (Å²) >= 11 is 0. The van der Waals surface area contributed by atoms with Crippen LogP contribution in [0.2, 0.25) is 0 Å². The summed E-state index contributed by atoms with van der Waals surface area (Å²) in [7, 11) is 0. The molecular weight excluding hydrogens is 353 g/mol. The van der Waals surface area contributed by atoms with E-state index in [1.54, 1.807) is 6.07 Å². The lowest BCUT2D eigenvalue weighted by molar-refractivity contribution is 0.0952. The Labute approximate surface area is 155 Å². The highest BCUT2D eigenvalue weighted by Gasteiger charge is 2.30. The molecule has 4 rings (SSSR count). The Balaban J connectivity index is 1.53. The van der Waals surface area contributed by atoms with Crippen LogP contribution in [0.3, 0.4) is 0 Å². The van der Waals surface area contributed by atoms with E-state index in [1.807, 2.05) is 6.07 Å². The van der Waals surface area contributed by atoms with Crippen molar-refractivity contribution in [2.24, 2.45) is 0 Å². The van der Waals surface area contributed by atoms with E-state index in [1.165, 1.54) is 6.07 Å². The molecule has 1 amide bonds. The zero-order chi connectivity index (χ0) is 18.6. The number of hydrogen-bond donors (Lipinski definition) is 3. The lowest BCUT2D eigenvalue weighted by Crippen LogP contribution is -2.29. The van der Waals surface area contributed by atoms with E-state index in [-0.39, 0.29) is 24.3 Å². The average Bonchev–Trinajstić information content (AvgIpc) is 3.29. The quantitative estimate of drug-likeness (QED) is 0.654. The molecule has 2 atom stereocenters. The number of hydrogen-bond acceptors (Lipinski definition) is 6. The van der Waals surface area contributed by atoms with Crippen LogP contribution in [0.5, 0.6) is 0 Å². The fourth-order valence-electron chi connectivity index (χ4n) is 3.45. The Bertz CT molecular complexity index is 812. The van der Waals surface area contributed by atoms with Crippen LogP contribution in [0.15, 0.2) is 18.2 Å². The van der Waals surface area contributed by atoms with Crippen molar-refractivity contribution >= 4 is 17.7 Å². The molecule has 1 saturated carbocycles. The maximum Gasteiger partial charge on any atom is 0.407 e. The smallest absolute Gasteiger partial charge is 0.407 e. The predicted octanol–water partition coefficient (Wildman–Crippen LogP) is 2.97. The van der Waals surface area contributed by atoms with Gasteiger partial charge in [0.05, 0.1) is 6.61 Å². The second kappa shape index (κ2) is 7.91. The molecule has 1 aliphatic carbocycles. The van der Waals surface area contributed by atoms with Crippen molar-refractivity contribution in [3.05, 3.63) is 35.4 Å². The number of nitrogens with one attached hydrogen (secondary N) is 3. The molecule has 0 saturated heterocycles. The Morgan fingerprint density at radius 2 is 2.15 bits per heavy atom. The fourth-order valence-corrected chi connectivity index (χ4v) is 3.45. The van der Waals surface area contributed by atoms with E-state index in [0.29, 0.717) is 31.2 Å².